The lowest BCUT2D eigenvalue weighted by Gasteiger charge is -2.32. The Kier molecular flexibility index (Phi) is 4.87. The summed E-state index contributed by atoms with van der Waals surface area (Å²) in [6.07, 6.45) is 0.826. The zero-order valence-corrected chi connectivity index (χ0v) is 13.8. The maximum Gasteiger partial charge on any atom is 0.274 e. The van der Waals surface area contributed by atoms with Crippen LogP contribution in [-0.4, -0.2) is 53.4 Å². The molecule has 25 heavy (non-hydrogen) atoms. The molecule has 1 saturated heterocycles. The lowest BCUT2D eigenvalue weighted by atomic mass is 10.2. The number of halogens is 1. The van der Waals surface area contributed by atoms with Gasteiger partial charge in [-0.2, -0.15) is 0 Å². The van der Waals surface area contributed by atoms with Crippen LogP contribution in [0, 0.1) is 12.7 Å². The monoisotopic (exact) mass is 343 g/mol. The summed E-state index contributed by atoms with van der Waals surface area (Å²) in [4.78, 5) is 35.5. The minimum atomic E-state index is -0.427. The number of hydrogen-bond acceptors (Lipinski definition) is 5. The largest absolute Gasteiger partial charge is 0.342 e. The summed E-state index contributed by atoms with van der Waals surface area (Å²) >= 11 is 0. The number of hydrogen-bond donors (Lipinski definition) is 1. The fourth-order valence-corrected chi connectivity index (χ4v) is 2.60. The Morgan fingerprint density at radius 3 is 2.64 bits per heavy atom. The Balaban J connectivity index is 1.77. The van der Waals surface area contributed by atoms with E-state index in [-0.39, 0.29) is 5.69 Å². The Morgan fingerprint density at radius 1 is 1.20 bits per heavy atom. The molecule has 1 aromatic heterocycles. The van der Waals surface area contributed by atoms with E-state index in [0.29, 0.717) is 43.5 Å². The van der Waals surface area contributed by atoms with Gasteiger partial charge < -0.3 is 15.1 Å². The quantitative estimate of drug-likeness (QED) is 0.850. The van der Waals surface area contributed by atoms with Gasteiger partial charge in [0.15, 0.2) is 0 Å². The molecule has 130 valence electrons. The zero-order chi connectivity index (χ0) is 17.8. The first-order valence-electron chi connectivity index (χ1n) is 7.92. The highest BCUT2D eigenvalue weighted by atomic mass is 19.1. The molecular formula is C17H18FN5O2. The highest BCUT2D eigenvalue weighted by Gasteiger charge is 2.20. The minimum absolute atomic E-state index is 0.213. The number of nitrogens with one attached hydrogen (secondary N) is 1. The fourth-order valence-electron chi connectivity index (χ4n) is 2.60. The Labute approximate surface area is 144 Å². The summed E-state index contributed by atoms with van der Waals surface area (Å²) in [6, 6.07) is 7.26. The van der Waals surface area contributed by atoms with Crippen molar-refractivity contribution in [3.05, 3.63) is 47.5 Å². The van der Waals surface area contributed by atoms with Crippen molar-refractivity contribution < 1.29 is 14.0 Å². The van der Waals surface area contributed by atoms with Crippen molar-refractivity contribution in [1.82, 2.24) is 14.9 Å². The second-order valence-corrected chi connectivity index (χ2v) is 5.79. The van der Waals surface area contributed by atoms with Crippen LogP contribution in [0.25, 0.3) is 0 Å². The number of carbonyl (C=O) groups is 2. The van der Waals surface area contributed by atoms with E-state index in [0.717, 1.165) is 6.41 Å². The molecule has 1 aliphatic rings. The van der Waals surface area contributed by atoms with Crippen LogP contribution in [0.4, 0.5) is 16.0 Å². The summed E-state index contributed by atoms with van der Waals surface area (Å²) in [7, 11) is 0. The van der Waals surface area contributed by atoms with E-state index in [1.807, 2.05) is 4.90 Å². The number of amides is 2. The van der Waals surface area contributed by atoms with E-state index >= 15 is 0 Å². The summed E-state index contributed by atoms with van der Waals surface area (Å²) < 4.78 is 13.2. The lowest BCUT2D eigenvalue weighted by molar-refractivity contribution is -0.118. The molecular weight excluding hydrogens is 325 g/mol. The SMILES string of the molecule is Cc1cc(C(=O)Nc2cccc(F)c2)nc(N2CCN(C=O)CC2)n1. The third kappa shape index (κ3) is 4.09. The van der Waals surface area contributed by atoms with Crippen LogP contribution in [0.3, 0.4) is 0 Å². The first-order valence-corrected chi connectivity index (χ1v) is 7.92. The number of benzene rings is 1. The van der Waals surface area contributed by atoms with Gasteiger partial charge in [-0.15, -0.1) is 0 Å². The van der Waals surface area contributed by atoms with Crippen LogP contribution in [0.15, 0.2) is 30.3 Å². The molecule has 8 heteroatoms. The molecule has 7 nitrogen and oxygen atoms in total. The summed E-state index contributed by atoms with van der Waals surface area (Å²) in [5, 5.41) is 2.63. The van der Waals surface area contributed by atoms with Crippen molar-refractivity contribution in [2.24, 2.45) is 0 Å². The number of nitrogens with zero attached hydrogens (tertiary/aromatic N) is 4. The summed E-state index contributed by atoms with van der Waals surface area (Å²) in [5.41, 5.74) is 1.24. The van der Waals surface area contributed by atoms with Gasteiger partial charge in [0.05, 0.1) is 0 Å². The number of rotatable bonds is 4. The van der Waals surface area contributed by atoms with E-state index in [1.165, 1.54) is 18.2 Å². The van der Waals surface area contributed by atoms with Gasteiger partial charge in [-0.1, -0.05) is 6.07 Å². The number of carbonyl (C=O) groups excluding carboxylic acids is 2. The third-order valence-corrected chi connectivity index (χ3v) is 3.90. The van der Waals surface area contributed by atoms with Gasteiger partial charge >= 0.3 is 0 Å². The minimum Gasteiger partial charge on any atom is -0.342 e. The molecule has 1 N–H and O–H groups in total. The van der Waals surface area contributed by atoms with E-state index in [1.54, 1.807) is 24.0 Å². The molecule has 0 atom stereocenters. The second-order valence-electron chi connectivity index (χ2n) is 5.79. The van der Waals surface area contributed by atoms with Crippen LogP contribution >= 0.6 is 0 Å². The second kappa shape index (κ2) is 7.25. The number of aromatic nitrogens is 2. The van der Waals surface area contributed by atoms with Crippen LogP contribution < -0.4 is 10.2 Å². The van der Waals surface area contributed by atoms with E-state index in [2.05, 4.69) is 15.3 Å². The smallest absolute Gasteiger partial charge is 0.274 e. The van der Waals surface area contributed by atoms with E-state index < -0.39 is 11.7 Å². The molecule has 0 saturated carbocycles. The Bertz CT molecular complexity index is 790. The van der Waals surface area contributed by atoms with Gasteiger partial charge in [-0.25, -0.2) is 14.4 Å². The van der Waals surface area contributed by atoms with Gasteiger partial charge in [0.1, 0.15) is 11.5 Å². The molecule has 0 bridgehead atoms. The maximum atomic E-state index is 13.2. The first-order chi connectivity index (χ1) is 12.0. The van der Waals surface area contributed by atoms with Crippen LogP contribution in [0.2, 0.25) is 0 Å². The first kappa shape index (κ1) is 16.8. The molecule has 0 unspecified atom stereocenters. The average molecular weight is 343 g/mol. The van der Waals surface area contributed by atoms with Gasteiger partial charge in [-0.05, 0) is 31.2 Å². The van der Waals surface area contributed by atoms with Crippen molar-refractivity contribution in [3.63, 3.8) is 0 Å². The number of anilines is 2. The predicted molar refractivity (Wildman–Crippen MR) is 91.0 cm³/mol. The van der Waals surface area contributed by atoms with Crippen LogP contribution in [-0.2, 0) is 4.79 Å². The Morgan fingerprint density at radius 2 is 1.96 bits per heavy atom. The van der Waals surface area contributed by atoms with Crippen molar-refractivity contribution in [3.8, 4) is 0 Å². The van der Waals surface area contributed by atoms with E-state index in [9.17, 15) is 14.0 Å². The third-order valence-electron chi connectivity index (χ3n) is 3.90. The molecule has 0 radical (unpaired) electrons. The average Bonchev–Trinajstić information content (AvgIpc) is 2.61. The molecule has 1 aromatic carbocycles. The molecule has 3 rings (SSSR count). The van der Waals surface area contributed by atoms with Crippen molar-refractivity contribution in [1.29, 1.82) is 0 Å². The van der Waals surface area contributed by atoms with Gasteiger partial charge in [0.25, 0.3) is 5.91 Å². The topological polar surface area (TPSA) is 78.4 Å². The molecule has 1 fully saturated rings. The zero-order valence-electron chi connectivity index (χ0n) is 13.8. The standard InChI is InChI=1S/C17H18FN5O2/c1-12-9-15(16(25)20-14-4-2-3-13(18)10-14)21-17(19-12)23-7-5-22(11-24)6-8-23/h2-4,9-11H,5-8H2,1H3,(H,20,25). The predicted octanol–water partition coefficient (Wildman–Crippen LogP) is 1.45. The van der Waals surface area contributed by atoms with Crippen molar-refractivity contribution in [2.45, 2.75) is 6.92 Å². The highest BCUT2D eigenvalue weighted by molar-refractivity contribution is 6.03. The van der Waals surface area contributed by atoms with Gasteiger partial charge in [0, 0.05) is 37.6 Å². The van der Waals surface area contributed by atoms with Crippen molar-refractivity contribution in [2.75, 3.05) is 36.4 Å². The van der Waals surface area contributed by atoms with Crippen LogP contribution in [0.5, 0.6) is 0 Å². The fraction of sp³-hybridized carbons (Fsp3) is 0.294. The molecule has 2 amide bonds. The lowest BCUT2D eigenvalue weighted by Crippen LogP contribution is -2.46. The van der Waals surface area contributed by atoms with Crippen molar-refractivity contribution >= 4 is 24.0 Å². The maximum absolute atomic E-state index is 13.2. The highest BCUT2D eigenvalue weighted by Crippen LogP contribution is 2.15. The molecule has 1 aliphatic heterocycles. The number of piperazine rings is 1. The molecule has 2 aromatic rings. The van der Waals surface area contributed by atoms with Gasteiger partial charge in [0.2, 0.25) is 12.4 Å². The molecule has 0 spiro atoms. The summed E-state index contributed by atoms with van der Waals surface area (Å²) in [6.45, 7) is 4.17. The van der Waals surface area contributed by atoms with Gasteiger partial charge in [-0.3, -0.25) is 9.59 Å². The summed E-state index contributed by atoms with van der Waals surface area (Å²) in [5.74, 6) is -0.399. The molecule has 2 heterocycles. The molecule has 0 aliphatic carbocycles. The normalized spacial score (nSPS) is 14.3. The van der Waals surface area contributed by atoms with E-state index in [4.69, 9.17) is 0 Å². The number of aryl methyl sites for hydroxylation is 1. The van der Waals surface area contributed by atoms with Crippen LogP contribution in [0.1, 0.15) is 16.2 Å². The Hall–Kier alpha value is -3.03.